The van der Waals surface area contributed by atoms with Gasteiger partial charge in [-0.2, -0.15) is 0 Å². The summed E-state index contributed by atoms with van der Waals surface area (Å²) in [7, 11) is 1.48. The predicted molar refractivity (Wildman–Crippen MR) is 104 cm³/mol. The van der Waals surface area contributed by atoms with E-state index in [4.69, 9.17) is 9.47 Å². The first-order valence-electron chi connectivity index (χ1n) is 8.85. The van der Waals surface area contributed by atoms with E-state index in [-0.39, 0.29) is 17.5 Å². The van der Waals surface area contributed by atoms with E-state index >= 15 is 0 Å². The molecule has 0 radical (unpaired) electrons. The van der Waals surface area contributed by atoms with Crippen molar-refractivity contribution in [3.05, 3.63) is 59.8 Å². The highest BCUT2D eigenvalue weighted by Crippen LogP contribution is 2.31. The second-order valence-corrected chi connectivity index (χ2v) is 5.96. The van der Waals surface area contributed by atoms with Crippen LogP contribution >= 0.6 is 0 Å². The fourth-order valence-corrected chi connectivity index (χ4v) is 2.86. The molecule has 6 nitrogen and oxygen atoms in total. The summed E-state index contributed by atoms with van der Waals surface area (Å²) in [5.74, 6) is 0.762. The molecular weight excluding hydrogens is 344 g/mol. The van der Waals surface area contributed by atoms with Crippen LogP contribution in [0.5, 0.6) is 11.5 Å². The van der Waals surface area contributed by atoms with Crippen molar-refractivity contribution in [2.24, 2.45) is 0 Å². The fourth-order valence-electron chi connectivity index (χ4n) is 2.86. The number of hydrogen-bond donors (Lipinski definition) is 1. The maximum Gasteiger partial charge on any atom is 0.277 e. The molecule has 140 valence electrons. The Bertz CT molecular complexity index is 870. The summed E-state index contributed by atoms with van der Waals surface area (Å²) >= 11 is 0. The van der Waals surface area contributed by atoms with Crippen molar-refractivity contribution in [2.75, 3.05) is 25.6 Å². The van der Waals surface area contributed by atoms with E-state index in [9.17, 15) is 9.59 Å². The van der Waals surface area contributed by atoms with Crippen molar-refractivity contribution in [1.29, 1.82) is 0 Å². The van der Waals surface area contributed by atoms with E-state index < -0.39 is 0 Å². The number of rotatable bonds is 7. The summed E-state index contributed by atoms with van der Waals surface area (Å²) in [5.41, 5.74) is 1.97. The van der Waals surface area contributed by atoms with E-state index in [1.54, 1.807) is 24.3 Å². The third-order valence-electron chi connectivity index (χ3n) is 4.18. The molecule has 2 aromatic rings. The van der Waals surface area contributed by atoms with E-state index in [1.807, 2.05) is 38.1 Å². The lowest BCUT2D eigenvalue weighted by molar-refractivity contribution is -0.135. The number of likely N-dealkylation sites (N-methyl/N-ethyl adjacent to an activating group) is 1. The second-order valence-electron chi connectivity index (χ2n) is 5.96. The number of hydrogen-bond acceptors (Lipinski definition) is 5. The van der Waals surface area contributed by atoms with Gasteiger partial charge in [0.05, 0.1) is 18.8 Å². The molecule has 0 saturated heterocycles. The minimum Gasteiger partial charge on any atom is -0.494 e. The number of anilines is 1. The summed E-state index contributed by atoms with van der Waals surface area (Å²) < 4.78 is 10.9. The van der Waals surface area contributed by atoms with Gasteiger partial charge in [-0.1, -0.05) is 12.1 Å². The van der Waals surface area contributed by atoms with Crippen molar-refractivity contribution in [3.63, 3.8) is 0 Å². The summed E-state index contributed by atoms with van der Waals surface area (Å²) in [6.07, 6.45) is 0. The van der Waals surface area contributed by atoms with Crippen molar-refractivity contribution in [2.45, 2.75) is 13.8 Å². The summed E-state index contributed by atoms with van der Waals surface area (Å²) in [5, 5.41) is 3.09. The van der Waals surface area contributed by atoms with E-state index in [0.29, 0.717) is 35.8 Å². The third kappa shape index (κ3) is 3.79. The Balaban J connectivity index is 1.94. The molecular formula is C21H22N2O4. The van der Waals surface area contributed by atoms with Gasteiger partial charge >= 0.3 is 0 Å². The van der Waals surface area contributed by atoms with E-state index in [0.717, 1.165) is 10.6 Å². The lowest BCUT2D eigenvalue weighted by Gasteiger charge is -2.10. The molecule has 0 aromatic heterocycles. The number of amides is 2. The molecule has 6 heteroatoms. The Morgan fingerprint density at radius 3 is 1.85 bits per heavy atom. The smallest absolute Gasteiger partial charge is 0.277 e. The molecule has 27 heavy (non-hydrogen) atoms. The van der Waals surface area contributed by atoms with Gasteiger partial charge in [-0.05, 0) is 55.8 Å². The lowest BCUT2D eigenvalue weighted by atomic mass is 10.0. The molecule has 1 aliphatic heterocycles. The van der Waals surface area contributed by atoms with Gasteiger partial charge in [0.15, 0.2) is 0 Å². The highest BCUT2D eigenvalue weighted by molar-refractivity contribution is 6.36. The number of ether oxygens (including phenoxy) is 2. The minimum absolute atomic E-state index is 0.260. The van der Waals surface area contributed by atoms with Crippen molar-refractivity contribution < 1.29 is 19.1 Å². The molecule has 0 aliphatic carbocycles. The molecule has 0 saturated carbocycles. The summed E-state index contributed by atoms with van der Waals surface area (Å²) in [6, 6.07) is 14.4. The molecule has 1 aliphatic rings. The number of carbonyl (C=O) groups is 2. The van der Waals surface area contributed by atoms with Crippen LogP contribution in [0.4, 0.5) is 5.69 Å². The van der Waals surface area contributed by atoms with Crippen LogP contribution in [0.15, 0.2) is 54.2 Å². The number of nitrogens with one attached hydrogen (secondary N) is 1. The Morgan fingerprint density at radius 2 is 1.33 bits per heavy atom. The van der Waals surface area contributed by atoms with Gasteiger partial charge in [0, 0.05) is 12.7 Å². The second kappa shape index (κ2) is 7.95. The summed E-state index contributed by atoms with van der Waals surface area (Å²) in [4.78, 5) is 26.3. The van der Waals surface area contributed by atoms with Crippen LogP contribution in [-0.2, 0) is 9.59 Å². The highest BCUT2D eigenvalue weighted by Gasteiger charge is 2.36. The third-order valence-corrected chi connectivity index (χ3v) is 4.18. The van der Waals surface area contributed by atoms with Crippen LogP contribution < -0.4 is 14.8 Å². The minimum atomic E-state index is -0.363. The Morgan fingerprint density at radius 1 is 0.815 bits per heavy atom. The number of imide groups is 1. The molecule has 3 rings (SSSR count). The average molecular weight is 366 g/mol. The van der Waals surface area contributed by atoms with Crippen LogP contribution in [-0.4, -0.2) is 37.0 Å². The highest BCUT2D eigenvalue weighted by atomic mass is 16.5. The van der Waals surface area contributed by atoms with Gasteiger partial charge in [-0.15, -0.1) is 0 Å². The van der Waals surface area contributed by atoms with Crippen LogP contribution in [0.3, 0.4) is 0 Å². The van der Waals surface area contributed by atoms with Crippen molar-refractivity contribution in [3.8, 4) is 11.5 Å². The predicted octanol–water partition coefficient (Wildman–Crippen LogP) is 3.31. The van der Waals surface area contributed by atoms with Crippen molar-refractivity contribution in [1.82, 2.24) is 4.90 Å². The number of benzene rings is 2. The van der Waals surface area contributed by atoms with Crippen LogP contribution in [0, 0.1) is 0 Å². The largest absolute Gasteiger partial charge is 0.494 e. The molecule has 2 amide bonds. The van der Waals surface area contributed by atoms with Crippen LogP contribution in [0.2, 0.25) is 0 Å². The van der Waals surface area contributed by atoms with Gasteiger partial charge < -0.3 is 14.8 Å². The molecule has 0 unspecified atom stereocenters. The zero-order valence-corrected chi connectivity index (χ0v) is 15.6. The van der Waals surface area contributed by atoms with Gasteiger partial charge in [0.2, 0.25) is 0 Å². The van der Waals surface area contributed by atoms with Gasteiger partial charge in [0.1, 0.15) is 17.2 Å². The lowest BCUT2D eigenvalue weighted by Crippen LogP contribution is -2.27. The molecule has 0 bridgehead atoms. The Hall–Kier alpha value is -3.28. The Labute approximate surface area is 158 Å². The van der Waals surface area contributed by atoms with Gasteiger partial charge in [0.25, 0.3) is 11.8 Å². The first-order valence-corrected chi connectivity index (χ1v) is 8.85. The standard InChI is InChI=1S/C21H22N2O4/c1-4-26-16-10-6-14(7-11-16)18-19(21(25)23(3)20(18)24)22-15-8-12-17(13-9-15)27-5-2/h6-13,22H,4-5H2,1-3H3. The van der Waals surface area contributed by atoms with E-state index in [2.05, 4.69) is 5.32 Å². The zero-order valence-electron chi connectivity index (χ0n) is 15.6. The average Bonchev–Trinajstić information content (AvgIpc) is 2.88. The van der Waals surface area contributed by atoms with Gasteiger partial charge in [-0.25, -0.2) is 0 Å². The normalized spacial score (nSPS) is 14.0. The molecule has 0 fully saturated rings. The monoisotopic (exact) mass is 366 g/mol. The maximum absolute atomic E-state index is 12.6. The molecule has 0 atom stereocenters. The van der Waals surface area contributed by atoms with Crippen LogP contribution in [0.25, 0.3) is 5.57 Å². The number of carbonyl (C=O) groups excluding carboxylic acids is 2. The molecule has 1 heterocycles. The fraction of sp³-hybridized carbons (Fsp3) is 0.238. The first-order chi connectivity index (χ1) is 13.0. The van der Waals surface area contributed by atoms with Crippen LogP contribution in [0.1, 0.15) is 19.4 Å². The SMILES string of the molecule is CCOc1ccc(NC2=C(c3ccc(OCC)cc3)C(=O)N(C)C2=O)cc1. The quantitative estimate of drug-likeness (QED) is 0.762. The zero-order chi connectivity index (χ0) is 19.4. The maximum atomic E-state index is 12.6. The molecule has 0 spiro atoms. The Kier molecular flexibility index (Phi) is 5.45. The molecule has 1 N–H and O–H groups in total. The van der Waals surface area contributed by atoms with Gasteiger partial charge in [-0.3, -0.25) is 14.5 Å². The summed E-state index contributed by atoms with van der Waals surface area (Å²) in [6.45, 7) is 4.96. The molecule has 2 aromatic carbocycles. The topological polar surface area (TPSA) is 67.9 Å². The van der Waals surface area contributed by atoms with E-state index in [1.165, 1.54) is 7.05 Å². The number of nitrogens with zero attached hydrogens (tertiary/aromatic N) is 1. The first kappa shape index (κ1) is 18.5. The van der Waals surface area contributed by atoms with Crippen molar-refractivity contribution >= 4 is 23.1 Å².